The van der Waals surface area contributed by atoms with E-state index in [4.69, 9.17) is 0 Å². The molecule has 0 spiro atoms. The predicted octanol–water partition coefficient (Wildman–Crippen LogP) is 1.74. The SMILES string of the molecule is Cc1nccn1S(=O)(=O)N1CCCc2ccccc21. The first-order valence-electron chi connectivity index (χ1n) is 6.22. The van der Waals surface area contributed by atoms with Gasteiger partial charge in [0.25, 0.3) is 0 Å². The molecular weight excluding hydrogens is 262 g/mol. The fourth-order valence-corrected chi connectivity index (χ4v) is 4.04. The van der Waals surface area contributed by atoms with Gasteiger partial charge < -0.3 is 0 Å². The molecule has 1 aromatic heterocycles. The van der Waals surface area contributed by atoms with E-state index < -0.39 is 10.2 Å². The summed E-state index contributed by atoms with van der Waals surface area (Å²) in [6, 6.07) is 7.65. The van der Waals surface area contributed by atoms with Crippen LogP contribution in [0.5, 0.6) is 0 Å². The van der Waals surface area contributed by atoms with Crippen LogP contribution in [0.15, 0.2) is 36.7 Å². The number of hydrogen-bond donors (Lipinski definition) is 0. The monoisotopic (exact) mass is 277 g/mol. The van der Waals surface area contributed by atoms with Crippen molar-refractivity contribution >= 4 is 15.9 Å². The Morgan fingerprint density at radius 3 is 2.79 bits per heavy atom. The first-order valence-corrected chi connectivity index (χ1v) is 7.61. The molecule has 1 aromatic carbocycles. The highest BCUT2D eigenvalue weighted by atomic mass is 32.2. The Morgan fingerprint density at radius 2 is 2.05 bits per heavy atom. The molecular formula is C13H15N3O2S. The maximum absolute atomic E-state index is 12.7. The molecule has 5 nitrogen and oxygen atoms in total. The Balaban J connectivity index is 2.12. The van der Waals surface area contributed by atoms with E-state index in [-0.39, 0.29) is 0 Å². The van der Waals surface area contributed by atoms with Gasteiger partial charge in [0.1, 0.15) is 5.82 Å². The van der Waals surface area contributed by atoms with E-state index >= 15 is 0 Å². The number of aromatic nitrogens is 2. The number of benzene rings is 1. The van der Waals surface area contributed by atoms with Crippen LogP contribution < -0.4 is 4.31 Å². The normalized spacial score (nSPS) is 15.3. The minimum absolute atomic E-state index is 0.475. The third-order valence-electron chi connectivity index (χ3n) is 3.38. The molecule has 0 atom stereocenters. The number of anilines is 1. The van der Waals surface area contributed by atoms with E-state index in [9.17, 15) is 8.42 Å². The zero-order valence-corrected chi connectivity index (χ0v) is 11.5. The van der Waals surface area contributed by atoms with Crippen molar-refractivity contribution < 1.29 is 8.42 Å². The average Bonchev–Trinajstić information content (AvgIpc) is 2.85. The molecule has 0 unspecified atom stereocenters. The van der Waals surface area contributed by atoms with Crippen molar-refractivity contribution in [2.24, 2.45) is 0 Å². The largest absolute Gasteiger partial charge is 0.331 e. The van der Waals surface area contributed by atoms with Crippen molar-refractivity contribution in [3.63, 3.8) is 0 Å². The lowest BCUT2D eigenvalue weighted by atomic mass is 10.0. The van der Waals surface area contributed by atoms with E-state index in [0.29, 0.717) is 12.4 Å². The highest BCUT2D eigenvalue weighted by Gasteiger charge is 2.29. The second kappa shape index (κ2) is 4.38. The van der Waals surface area contributed by atoms with E-state index in [2.05, 4.69) is 4.98 Å². The van der Waals surface area contributed by atoms with Crippen LogP contribution in [0.2, 0.25) is 0 Å². The minimum atomic E-state index is -3.58. The Bertz CT molecular complexity index is 706. The third-order valence-corrected chi connectivity index (χ3v) is 5.20. The standard InChI is InChI=1S/C13H15N3O2S/c1-11-14-8-10-15(11)19(17,18)16-9-4-6-12-5-2-3-7-13(12)16/h2-3,5,7-8,10H,4,6,9H2,1H3. The van der Waals surface area contributed by atoms with Crippen LogP contribution in [-0.4, -0.2) is 23.9 Å². The van der Waals surface area contributed by atoms with Gasteiger partial charge in [-0.15, -0.1) is 0 Å². The molecule has 0 amide bonds. The Labute approximate surface area is 112 Å². The van der Waals surface area contributed by atoms with Crippen molar-refractivity contribution in [1.82, 2.24) is 8.96 Å². The van der Waals surface area contributed by atoms with Crippen molar-refractivity contribution in [2.45, 2.75) is 19.8 Å². The van der Waals surface area contributed by atoms with Gasteiger partial charge >= 0.3 is 10.2 Å². The number of rotatable bonds is 2. The number of imidazole rings is 1. The second-order valence-electron chi connectivity index (χ2n) is 4.58. The summed E-state index contributed by atoms with van der Waals surface area (Å²) in [4.78, 5) is 3.99. The molecule has 2 aromatic rings. The molecule has 19 heavy (non-hydrogen) atoms. The summed E-state index contributed by atoms with van der Waals surface area (Å²) in [5, 5.41) is 0. The van der Waals surface area contributed by atoms with Crippen LogP contribution in [0, 0.1) is 6.92 Å². The van der Waals surface area contributed by atoms with Crippen molar-refractivity contribution in [3.05, 3.63) is 48.0 Å². The maximum Gasteiger partial charge on any atom is 0.331 e. The predicted molar refractivity (Wildman–Crippen MR) is 73.4 cm³/mol. The van der Waals surface area contributed by atoms with Crippen LogP contribution in [0.3, 0.4) is 0 Å². The number of para-hydroxylation sites is 1. The van der Waals surface area contributed by atoms with Gasteiger partial charge in [0.05, 0.1) is 5.69 Å². The Morgan fingerprint density at radius 1 is 1.26 bits per heavy atom. The van der Waals surface area contributed by atoms with Gasteiger partial charge in [-0.3, -0.25) is 4.31 Å². The molecule has 6 heteroatoms. The van der Waals surface area contributed by atoms with Crippen LogP contribution in [0.4, 0.5) is 5.69 Å². The summed E-state index contributed by atoms with van der Waals surface area (Å²) in [6.45, 7) is 2.20. The fraction of sp³-hybridized carbons (Fsp3) is 0.308. The lowest BCUT2D eigenvalue weighted by molar-refractivity contribution is 0.576. The highest BCUT2D eigenvalue weighted by molar-refractivity contribution is 7.91. The van der Waals surface area contributed by atoms with Crippen LogP contribution >= 0.6 is 0 Å². The third kappa shape index (κ3) is 1.92. The first-order chi connectivity index (χ1) is 9.10. The fourth-order valence-electron chi connectivity index (χ4n) is 2.46. The van der Waals surface area contributed by atoms with Gasteiger partial charge in [-0.05, 0) is 31.4 Å². The molecule has 0 radical (unpaired) electrons. The minimum Gasteiger partial charge on any atom is -0.253 e. The number of nitrogens with zero attached hydrogens (tertiary/aromatic N) is 3. The van der Waals surface area contributed by atoms with E-state index in [0.717, 1.165) is 24.1 Å². The Kier molecular flexibility index (Phi) is 2.82. The molecule has 2 heterocycles. The van der Waals surface area contributed by atoms with Gasteiger partial charge in [0, 0.05) is 18.9 Å². The van der Waals surface area contributed by atoms with Gasteiger partial charge in [-0.25, -0.2) is 8.96 Å². The summed E-state index contributed by atoms with van der Waals surface area (Å²) in [5.41, 5.74) is 1.86. The first kappa shape index (κ1) is 12.2. The quantitative estimate of drug-likeness (QED) is 0.840. The zero-order valence-electron chi connectivity index (χ0n) is 10.7. The van der Waals surface area contributed by atoms with Gasteiger partial charge in [-0.2, -0.15) is 8.42 Å². The van der Waals surface area contributed by atoms with E-state index in [1.165, 1.54) is 20.7 Å². The molecule has 1 aliphatic rings. The average molecular weight is 277 g/mol. The number of fused-ring (bicyclic) bond motifs is 1. The summed E-state index contributed by atoms with van der Waals surface area (Å²) in [6.07, 6.45) is 4.75. The van der Waals surface area contributed by atoms with Gasteiger partial charge in [-0.1, -0.05) is 18.2 Å². The zero-order chi connectivity index (χ0) is 13.5. The molecule has 0 saturated carbocycles. The second-order valence-corrected chi connectivity index (χ2v) is 6.31. The molecule has 0 N–H and O–H groups in total. The summed E-state index contributed by atoms with van der Waals surface area (Å²) < 4.78 is 28.1. The summed E-state index contributed by atoms with van der Waals surface area (Å²) in [7, 11) is -3.58. The Hall–Kier alpha value is -1.82. The molecule has 0 saturated heterocycles. The van der Waals surface area contributed by atoms with Crippen LogP contribution in [0.25, 0.3) is 0 Å². The van der Waals surface area contributed by atoms with Crippen molar-refractivity contribution in [2.75, 3.05) is 10.8 Å². The topological polar surface area (TPSA) is 55.2 Å². The lowest BCUT2D eigenvalue weighted by Crippen LogP contribution is -2.39. The van der Waals surface area contributed by atoms with Gasteiger partial charge in [0.15, 0.2) is 0 Å². The van der Waals surface area contributed by atoms with Gasteiger partial charge in [0.2, 0.25) is 0 Å². The number of hydrogen-bond acceptors (Lipinski definition) is 3. The van der Waals surface area contributed by atoms with Crippen molar-refractivity contribution in [1.29, 1.82) is 0 Å². The lowest BCUT2D eigenvalue weighted by Gasteiger charge is -2.30. The van der Waals surface area contributed by atoms with E-state index in [1.54, 1.807) is 6.92 Å². The summed E-state index contributed by atoms with van der Waals surface area (Å²) >= 11 is 0. The van der Waals surface area contributed by atoms with Crippen LogP contribution in [0.1, 0.15) is 17.8 Å². The molecule has 0 fully saturated rings. The molecule has 1 aliphatic heterocycles. The molecule has 3 rings (SSSR count). The smallest absolute Gasteiger partial charge is 0.253 e. The van der Waals surface area contributed by atoms with Crippen LogP contribution in [-0.2, 0) is 16.6 Å². The van der Waals surface area contributed by atoms with Crippen molar-refractivity contribution in [3.8, 4) is 0 Å². The molecule has 100 valence electrons. The maximum atomic E-state index is 12.7. The van der Waals surface area contributed by atoms with E-state index in [1.807, 2.05) is 24.3 Å². The number of aryl methyl sites for hydroxylation is 2. The molecule has 0 bridgehead atoms. The highest BCUT2D eigenvalue weighted by Crippen LogP contribution is 2.29. The summed E-state index contributed by atoms with van der Waals surface area (Å²) in [5.74, 6) is 0.475. The molecule has 0 aliphatic carbocycles.